The highest BCUT2D eigenvalue weighted by Gasteiger charge is 2.27. The Bertz CT molecular complexity index is 671. The zero-order chi connectivity index (χ0) is 16.2. The van der Waals surface area contributed by atoms with Gasteiger partial charge in [-0.05, 0) is 41.8 Å². The minimum absolute atomic E-state index is 0.248. The number of alkyl halides is 2. The summed E-state index contributed by atoms with van der Waals surface area (Å²) < 4.78 is 0. The van der Waals surface area contributed by atoms with Gasteiger partial charge in [0.25, 0.3) is 0 Å². The molecule has 1 aliphatic rings. The van der Waals surface area contributed by atoms with Crippen LogP contribution >= 0.6 is 46.6 Å². The lowest BCUT2D eigenvalue weighted by molar-refractivity contribution is 0.217. The van der Waals surface area contributed by atoms with Crippen LogP contribution in [0.1, 0.15) is 17.2 Å². The SMILES string of the molecule is ClCCN(CCCl)C1Cc2ccccc2Sc2ccc(Cl)cc21. The summed E-state index contributed by atoms with van der Waals surface area (Å²) in [6, 6.07) is 15.0. The van der Waals surface area contributed by atoms with E-state index in [0.29, 0.717) is 11.8 Å². The molecule has 3 rings (SSSR count). The Morgan fingerprint density at radius 3 is 2.48 bits per heavy atom. The molecular weight excluding hydrogens is 369 g/mol. The van der Waals surface area contributed by atoms with E-state index in [9.17, 15) is 0 Å². The quantitative estimate of drug-likeness (QED) is 0.591. The van der Waals surface area contributed by atoms with Gasteiger partial charge in [0.1, 0.15) is 0 Å². The molecule has 0 saturated carbocycles. The monoisotopic (exact) mass is 385 g/mol. The largest absolute Gasteiger partial charge is 0.294 e. The first-order valence-corrected chi connectivity index (χ1v) is 9.90. The predicted molar refractivity (Wildman–Crippen MR) is 101 cm³/mol. The minimum atomic E-state index is 0.248. The average molecular weight is 387 g/mol. The van der Waals surface area contributed by atoms with E-state index in [-0.39, 0.29) is 6.04 Å². The molecule has 2 aromatic rings. The van der Waals surface area contributed by atoms with Crippen molar-refractivity contribution < 1.29 is 0 Å². The molecule has 2 aromatic carbocycles. The molecule has 1 unspecified atom stereocenters. The van der Waals surface area contributed by atoms with Crippen LogP contribution in [0.25, 0.3) is 0 Å². The van der Waals surface area contributed by atoms with Crippen molar-refractivity contribution in [1.82, 2.24) is 4.90 Å². The van der Waals surface area contributed by atoms with Crippen molar-refractivity contribution in [3.05, 3.63) is 58.6 Å². The Hall–Kier alpha value is -0.380. The maximum Gasteiger partial charge on any atom is 0.0410 e. The van der Waals surface area contributed by atoms with E-state index in [0.717, 1.165) is 24.5 Å². The normalized spacial score (nSPS) is 16.8. The third-order valence-electron chi connectivity index (χ3n) is 4.12. The number of rotatable bonds is 5. The summed E-state index contributed by atoms with van der Waals surface area (Å²) in [5, 5.41) is 0.775. The van der Waals surface area contributed by atoms with Crippen molar-refractivity contribution in [3.63, 3.8) is 0 Å². The standard InChI is InChI=1S/C18H18Cl3NS/c19-7-9-22(10-8-20)16-11-13-3-1-2-4-17(13)23-18-6-5-14(21)12-15(16)18/h1-6,12,16H,7-11H2. The van der Waals surface area contributed by atoms with Gasteiger partial charge in [0, 0.05) is 45.7 Å². The summed E-state index contributed by atoms with van der Waals surface area (Å²) in [5.41, 5.74) is 2.64. The fourth-order valence-electron chi connectivity index (χ4n) is 3.05. The molecule has 0 radical (unpaired) electrons. The van der Waals surface area contributed by atoms with Crippen LogP contribution in [-0.4, -0.2) is 29.7 Å². The summed E-state index contributed by atoms with van der Waals surface area (Å²) >= 11 is 20.2. The van der Waals surface area contributed by atoms with E-state index >= 15 is 0 Å². The first-order chi connectivity index (χ1) is 11.2. The van der Waals surface area contributed by atoms with Crippen molar-refractivity contribution in [2.45, 2.75) is 22.3 Å². The summed E-state index contributed by atoms with van der Waals surface area (Å²) in [6.07, 6.45) is 0.949. The van der Waals surface area contributed by atoms with Gasteiger partial charge in [-0.1, -0.05) is 41.6 Å². The summed E-state index contributed by atoms with van der Waals surface area (Å²) in [7, 11) is 0. The topological polar surface area (TPSA) is 3.24 Å². The molecule has 0 spiro atoms. The smallest absolute Gasteiger partial charge is 0.0410 e. The minimum Gasteiger partial charge on any atom is -0.294 e. The van der Waals surface area contributed by atoms with Crippen LogP contribution in [0.15, 0.2) is 52.3 Å². The van der Waals surface area contributed by atoms with E-state index in [4.69, 9.17) is 34.8 Å². The third kappa shape index (κ3) is 4.00. The molecule has 1 nitrogen and oxygen atoms in total. The highest BCUT2D eigenvalue weighted by atomic mass is 35.5. The van der Waals surface area contributed by atoms with Crippen molar-refractivity contribution in [1.29, 1.82) is 0 Å². The number of halogens is 3. The van der Waals surface area contributed by atoms with Gasteiger partial charge >= 0.3 is 0 Å². The highest BCUT2D eigenvalue weighted by Crippen LogP contribution is 2.43. The maximum atomic E-state index is 6.29. The lowest BCUT2D eigenvalue weighted by atomic mass is 9.97. The van der Waals surface area contributed by atoms with Crippen molar-refractivity contribution in [2.75, 3.05) is 24.8 Å². The first kappa shape index (κ1) is 17.4. The van der Waals surface area contributed by atoms with Crippen LogP contribution in [0.4, 0.5) is 0 Å². The van der Waals surface area contributed by atoms with Crippen molar-refractivity contribution >= 4 is 46.6 Å². The maximum absolute atomic E-state index is 6.29. The third-order valence-corrected chi connectivity index (χ3v) is 5.90. The Morgan fingerprint density at radius 1 is 1.00 bits per heavy atom. The fraction of sp³-hybridized carbons (Fsp3) is 0.333. The van der Waals surface area contributed by atoms with Crippen LogP contribution in [-0.2, 0) is 6.42 Å². The molecule has 1 aliphatic heterocycles. The molecule has 0 amide bonds. The van der Waals surface area contributed by atoms with Gasteiger partial charge in [0.15, 0.2) is 0 Å². The van der Waals surface area contributed by atoms with Gasteiger partial charge in [-0.25, -0.2) is 0 Å². The van der Waals surface area contributed by atoms with E-state index in [1.165, 1.54) is 20.9 Å². The summed E-state index contributed by atoms with van der Waals surface area (Å²) in [5.74, 6) is 1.19. The van der Waals surface area contributed by atoms with Crippen molar-refractivity contribution in [2.24, 2.45) is 0 Å². The van der Waals surface area contributed by atoms with Gasteiger partial charge in [-0.2, -0.15) is 0 Å². The number of fused-ring (bicyclic) bond motifs is 2. The first-order valence-electron chi connectivity index (χ1n) is 7.64. The molecule has 0 saturated heterocycles. The molecule has 0 aromatic heterocycles. The molecule has 122 valence electrons. The van der Waals surface area contributed by atoms with Gasteiger partial charge in [-0.3, -0.25) is 4.90 Å². The van der Waals surface area contributed by atoms with E-state index in [1.54, 1.807) is 0 Å². The van der Waals surface area contributed by atoms with Gasteiger partial charge in [-0.15, -0.1) is 23.2 Å². The van der Waals surface area contributed by atoms with Crippen LogP contribution in [0.3, 0.4) is 0 Å². The highest BCUT2D eigenvalue weighted by molar-refractivity contribution is 7.99. The van der Waals surface area contributed by atoms with Crippen LogP contribution in [0.2, 0.25) is 5.02 Å². The molecule has 1 heterocycles. The Balaban J connectivity index is 2.07. The molecule has 23 heavy (non-hydrogen) atoms. The second-order valence-electron chi connectivity index (χ2n) is 5.53. The lowest BCUT2D eigenvalue weighted by Gasteiger charge is -2.31. The second kappa shape index (κ2) is 8.13. The second-order valence-corrected chi connectivity index (χ2v) is 7.80. The van der Waals surface area contributed by atoms with E-state index in [2.05, 4.69) is 41.3 Å². The molecule has 1 atom stereocenters. The predicted octanol–water partition coefficient (Wildman–Crippen LogP) is 5.87. The van der Waals surface area contributed by atoms with Gasteiger partial charge < -0.3 is 0 Å². The van der Waals surface area contributed by atoms with Crippen LogP contribution < -0.4 is 0 Å². The van der Waals surface area contributed by atoms with E-state index < -0.39 is 0 Å². The summed E-state index contributed by atoms with van der Waals surface area (Å²) in [4.78, 5) is 4.95. The van der Waals surface area contributed by atoms with Crippen LogP contribution in [0, 0.1) is 0 Å². The Morgan fingerprint density at radius 2 is 1.74 bits per heavy atom. The molecule has 5 heteroatoms. The van der Waals surface area contributed by atoms with Crippen LogP contribution in [0.5, 0.6) is 0 Å². The average Bonchev–Trinajstić information content (AvgIpc) is 2.71. The van der Waals surface area contributed by atoms with E-state index in [1.807, 2.05) is 17.8 Å². The van der Waals surface area contributed by atoms with Crippen molar-refractivity contribution in [3.8, 4) is 0 Å². The number of nitrogens with zero attached hydrogens (tertiary/aromatic N) is 1. The Labute approximate surface area is 156 Å². The molecule has 0 aliphatic carbocycles. The molecular formula is C18H18Cl3NS. The fourth-order valence-corrected chi connectivity index (χ4v) is 4.78. The molecule has 0 bridgehead atoms. The lowest BCUT2D eigenvalue weighted by Crippen LogP contribution is -2.33. The zero-order valence-electron chi connectivity index (χ0n) is 12.6. The summed E-state index contributed by atoms with van der Waals surface area (Å²) in [6.45, 7) is 1.63. The number of hydrogen-bond donors (Lipinski definition) is 0. The Kier molecular flexibility index (Phi) is 6.17. The number of benzene rings is 2. The molecule has 0 N–H and O–H groups in total. The van der Waals surface area contributed by atoms with Gasteiger partial charge in [0.05, 0.1) is 0 Å². The molecule has 0 fully saturated rings. The zero-order valence-corrected chi connectivity index (χ0v) is 15.7. The van der Waals surface area contributed by atoms with Gasteiger partial charge in [0.2, 0.25) is 0 Å². The number of hydrogen-bond acceptors (Lipinski definition) is 2.